The van der Waals surface area contributed by atoms with Gasteiger partial charge in [-0.25, -0.2) is 17.5 Å². The summed E-state index contributed by atoms with van der Waals surface area (Å²) in [6.07, 6.45) is 2.64. The predicted octanol–water partition coefficient (Wildman–Crippen LogP) is 2.66. The van der Waals surface area contributed by atoms with E-state index in [2.05, 4.69) is 4.72 Å². The van der Waals surface area contributed by atoms with Crippen molar-refractivity contribution in [3.63, 3.8) is 0 Å². The van der Waals surface area contributed by atoms with E-state index in [-0.39, 0.29) is 28.4 Å². The monoisotopic (exact) mass is 394 g/mol. The molecule has 2 aromatic rings. The minimum atomic E-state index is -3.63. The van der Waals surface area contributed by atoms with Crippen LogP contribution in [0.5, 0.6) is 0 Å². The van der Waals surface area contributed by atoms with Crippen molar-refractivity contribution in [3.8, 4) is 0 Å². The lowest BCUT2D eigenvalue weighted by Gasteiger charge is -2.26. The van der Waals surface area contributed by atoms with Crippen molar-refractivity contribution in [1.29, 1.82) is 0 Å². The number of thiophene rings is 1. The van der Waals surface area contributed by atoms with Gasteiger partial charge in [0.2, 0.25) is 15.9 Å². The van der Waals surface area contributed by atoms with Crippen molar-refractivity contribution in [3.05, 3.63) is 52.2 Å². The first-order chi connectivity index (χ1) is 12.4. The van der Waals surface area contributed by atoms with Crippen molar-refractivity contribution in [1.82, 2.24) is 9.62 Å². The Balaban J connectivity index is 1.46. The predicted molar refractivity (Wildman–Crippen MR) is 96.6 cm³/mol. The van der Waals surface area contributed by atoms with E-state index in [0.717, 1.165) is 23.3 Å². The highest BCUT2D eigenvalue weighted by molar-refractivity contribution is 7.91. The van der Waals surface area contributed by atoms with Gasteiger partial charge in [-0.1, -0.05) is 12.1 Å². The van der Waals surface area contributed by atoms with Gasteiger partial charge in [-0.2, -0.15) is 0 Å². The fraction of sp³-hybridized carbons (Fsp3) is 0.389. The first-order valence-electron chi connectivity index (χ1n) is 8.57. The van der Waals surface area contributed by atoms with Crippen LogP contribution in [-0.4, -0.2) is 25.8 Å². The zero-order valence-corrected chi connectivity index (χ0v) is 15.7. The maximum atomic E-state index is 12.9. The van der Waals surface area contributed by atoms with Crippen molar-refractivity contribution in [2.45, 2.75) is 36.6 Å². The zero-order chi connectivity index (χ0) is 18.3. The molecule has 1 aromatic heterocycles. The lowest BCUT2D eigenvalue weighted by molar-refractivity contribution is -0.133. The Morgan fingerprint density at radius 1 is 1.27 bits per heavy atom. The molecule has 1 aliphatic heterocycles. The van der Waals surface area contributed by atoms with Gasteiger partial charge in [0, 0.05) is 30.4 Å². The normalized spacial score (nSPS) is 17.2. The second-order valence-electron chi connectivity index (χ2n) is 6.75. The highest BCUT2D eigenvalue weighted by atomic mass is 32.2. The van der Waals surface area contributed by atoms with E-state index in [9.17, 15) is 17.6 Å². The van der Waals surface area contributed by atoms with E-state index in [4.69, 9.17) is 0 Å². The Kier molecular flexibility index (Phi) is 4.58. The SMILES string of the molecule is O=C(C1CC1)N1CCc2sc(S(=O)(=O)NCc3ccc(F)cc3)cc2C1. The molecule has 138 valence electrons. The van der Waals surface area contributed by atoms with E-state index >= 15 is 0 Å². The number of sulfonamides is 1. The summed E-state index contributed by atoms with van der Waals surface area (Å²) in [5, 5.41) is 0. The fourth-order valence-electron chi connectivity index (χ4n) is 3.07. The van der Waals surface area contributed by atoms with Crippen molar-refractivity contribution in [2.24, 2.45) is 5.92 Å². The smallest absolute Gasteiger partial charge is 0.250 e. The van der Waals surface area contributed by atoms with Crippen molar-refractivity contribution in [2.75, 3.05) is 6.54 Å². The van der Waals surface area contributed by atoms with Crippen LogP contribution in [0.1, 0.15) is 28.8 Å². The molecule has 0 radical (unpaired) electrons. The number of nitrogens with zero attached hydrogens (tertiary/aromatic N) is 1. The molecule has 1 aromatic carbocycles. The summed E-state index contributed by atoms with van der Waals surface area (Å²) in [6, 6.07) is 7.40. The van der Waals surface area contributed by atoms with Gasteiger partial charge in [-0.15, -0.1) is 11.3 Å². The zero-order valence-electron chi connectivity index (χ0n) is 14.1. The van der Waals surface area contributed by atoms with Gasteiger partial charge in [0.15, 0.2) is 0 Å². The Morgan fingerprint density at radius 3 is 2.69 bits per heavy atom. The molecule has 26 heavy (non-hydrogen) atoms. The van der Waals surface area contributed by atoms with Crippen LogP contribution in [0.2, 0.25) is 0 Å². The van der Waals surface area contributed by atoms with Gasteiger partial charge in [-0.3, -0.25) is 4.79 Å². The molecule has 1 aliphatic carbocycles. The molecule has 0 bridgehead atoms. The van der Waals surface area contributed by atoms with E-state index < -0.39 is 10.0 Å². The molecule has 8 heteroatoms. The third kappa shape index (κ3) is 3.67. The number of amides is 1. The standard InChI is InChI=1S/C18H19FN2O3S2/c19-15-5-1-12(2-6-15)10-20-26(23,24)17-9-14-11-21(8-7-16(14)25-17)18(22)13-3-4-13/h1-2,5-6,9,13,20H,3-4,7-8,10-11H2. The van der Waals surface area contributed by atoms with Crippen LogP contribution in [0.25, 0.3) is 0 Å². The Morgan fingerprint density at radius 2 is 2.00 bits per heavy atom. The molecule has 1 fully saturated rings. The number of carbonyl (C=O) groups is 1. The largest absolute Gasteiger partial charge is 0.338 e. The topological polar surface area (TPSA) is 66.5 Å². The molecule has 2 heterocycles. The molecule has 0 saturated heterocycles. The number of hydrogen-bond acceptors (Lipinski definition) is 4. The van der Waals surface area contributed by atoms with Crippen molar-refractivity contribution >= 4 is 27.3 Å². The summed E-state index contributed by atoms with van der Waals surface area (Å²) < 4.78 is 40.9. The van der Waals surface area contributed by atoms with Crippen LogP contribution in [0.15, 0.2) is 34.5 Å². The second-order valence-corrected chi connectivity index (χ2v) is 9.88. The molecular formula is C18H19FN2O3S2. The molecule has 0 spiro atoms. The number of halogens is 1. The first-order valence-corrected chi connectivity index (χ1v) is 10.9. The summed E-state index contributed by atoms with van der Waals surface area (Å²) in [5.41, 5.74) is 1.62. The number of benzene rings is 1. The number of carbonyl (C=O) groups excluding carboxylic acids is 1. The van der Waals surface area contributed by atoms with Gasteiger partial charge in [0.05, 0.1) is 0 Å². The van der Waals surface area contributed by atoms with Crippen molar-refractivity contribution < 1.29 is 17.6 Å². The molecule has 0 unspecified atom stereocenters. The quantitative estimate of drug-likeness (QED) is 0.848. The minimum Gasteiger partial charge on any atom is -0.338 e. The Bertz CT molecular complexity index is 934. The summed E-state index contributed by atoms with van der Waals surface area (Å²) in [6.45, 7) is 1.26. The number of hydrogen-bond donors (Lipinski definition) is 1. The lowest BCUT2D eigenvalue weighted by Crippen LogP contribution is -2.36. The first kappa shape index (κ1) is 17.6. The van der Waals surface area contributed by atoms with Gasteiger partial charge in [0.1, 0.15) is 10.0 Å². The maximum Gasteiger partial charge on any atom is 0.250 e. The summed E-state index contributed by atoms with van der Waals surface area (Å²) >= 11 is 1.27. The second kappa shape index (κ2) is 6.75. The fourth-order valence-corrected chi connectivity index (χ4v) is 5.67. The summed E-state index contributed by atoms with van der Waals surface area (Å²) in [4.78, 5) is 15.1. The van der Waals surface area contributed by atoms with Crippen LogP contribution in [0.4, 0.5) is 4.39 Å². The van der Waals surface area contributed by atoms with E-state index in [1.165, 1.54) is 23.5 Å². The van der Waals surface area contributed by atoms with E-state index in [1.54, 1.807) is 18.2 Å². The average molecular weight is 394 g/mol. The van der Waals surface area contributed by atoms with E-state index in [0.29, 0.717) is 25.1 Å². The van der Waals surface area contributed by atoms with Crippen LogP contribution in [0, 0.1) is 11.7 Å². The van der Waals surface area contributed by atoms with Gasteiger partial charge >= 0.3 is 0 Å². The molecule has 1 saturated carbocycles. The minimum absolute atomic E-state index is 0.109. The van der Waals surface area contributed by atoms with Gasteiger partial charge in [0.25, 0.3) is 0 Å². The molecule has 1 amide bonds. The third-order valence-electron chi connectivity index (χ3n) is 4.73. The third-order valence-corrected chi connectivity index (χ3v) is 7.84. The van der Waals surface area contributed by atoms with Crippen LogP contribution >= 0.6 is 11.3 Å². The molecule has 4 rings (SSSR count). The summed E-state index contributed by atoms with van der Waals surface area (Å²) in [5.74, 6) is 0.0179. The molecule has 0 atom stereocenters. The molecule has 1 N–H and O–H groups in total. The Hall–Kier alpha value is -1.77. The lowest BCUT2D eigenvalue weighted by atomic mass is 10.1. The van der Waals surface area contributed by atoms with Gasteiger partial charge < -0.3 is 4.90 Å². The molecule has 5 nitrogen and oxygen atoms in total. The van der Waals surface area contributed by atoms with Crippen LogP contribution < -0.4 is 4.72 Å². The van der Waals surface area contributed by atoms with Gasteiger partial charge in [-0.05, 0) is 48.6 Å². The molecule has 2 aliphatic rings. The number of nitrogens with one attached hydrogen (secondary N) is 1. The van der Waals surface area contributed by atoms with Crippen LogP contribution in [0.3, 0.4) is 0 Å². The van der Waals surface area contributed by atoms with Crippen LogP contribution in [-0.2, 0) is 34.3 Å². The highest BCUT2D eigenvalue weighted by Crippen LogP contribution is 2.35. The Labute approximate surface area is 155 Å². The number of rotatable bonds is 5. The molecular weight excluding hydrogens is 375 g/mol. The van der Waals surface area contributed by atoms with E-state index in [1.807, 2.05) is 4.90 Å². The average Bonchev–Trinajstić information content (AvgIpc) is 3.38. The highest BCUT2D eigenvalue weighted by Gasteiger charge is 2.35. The number of fused-ring (bicyclic) bond motifs is 1. The maximum absolute atomic E-state index is 12.9. The summed E-state index contributed by atoms with van der Waals surface area (Å²) in [7, 11) is -3.63.